The Bertz CT molecular complexity index is 649. The van der Waals surface area contributed by atoms with Gasteiger partial charge in [-0.05, 0) is 18.2 Å². The van der Waals surface area contributed by atoms with Crippen LogP contribution in [0.1, 0.15) is 32.5 Å². The van der Waals surface area contributed by atoms with E-state index in [2.05, 4.69) is 20.8 Å². The maximum Gasteiger partial charge on any atom is 0.319 e. The summed E-state index contributed by atoms with van der Waals surface area (Å²) in [4.78, 5) is 16.1. The predicted molar refractivity (Wildman–Crippen MR) is 85.2 cm³/mol. The van der Waals surface area contributed by atoms with Crippen molar-refractivity contribution in [1.82, 2.24) is 15.5 Å². The van der Waals surface area contributed by atoms with Gasteiger partial charge in [0.15, 0.2) is 5.82 Å². The first-order chi connectivity index (χ1) is 10.3. The number of aromatic nitrogens is 2. The summed E-state index contributed by atoms with van der Waals surface area (Å²) in [5.41, 5.74) is 0.461. The number of carbonyl (C=O) groups is 1. The third-order valence-electron chi connectivity index (χ3n) is 2.83. The zero-order valence-electron chi connectivity index (χ0n) is 12.8. The Kier molecular flexibility index (Phi) is 5.03. The average molecular weight is 323 g/mol. The van der Waals surface area contributed by atoms with E-state index in [0.717, 1.165) is 0 Å². The summed E-state index contributed by atoms with van der Waals surface area (Å²) in [6.45, 7) is 6.42. The van der Waals surface area contributed by atoms with E-state index >= 15 is 0 Å². The smallest absolute Gasteiger partial charge is 0.319 e. The minimum atomic E-state index is -0.304. The fourth-order valence-electron chi connectivity index (χ4n) is 1.69. The highest BCUT2D eigenvalue weighted by atomic mass is 35.5. The molecule has 0 atom stereocenters. The van der Waals surface area contributed by atoms with Crippen LogP contribution in [0.25, 0.3) is 0 Å². The molecule has 1 heterocycles. The maximum absolute atomic E-state index is 11.7. The third-order valence-corrected chi connectivity index (χ3v) is 3.06. The summed E-state index contributed by atoms with van der Waals surface area (Å²) in [5, 5.41) is 9.90. The van der Waals surface area contributed by atoms with E-state index in [1.807, 2.05) is 20.8 Å². The number of halogens is 1. The molecule has 0 fully saturated rings. The molecule has 2 amide bonds. The standard InChI is InChI=1S/C15H19ClN4O2/c1-15(2,3)13-19-12(20-22-13)7-8-17-14(21)18-11-6-4-5-10(16)9-11/h4-6,9H,7-8H2,1-3H3,(H2,17,18,21). The van der Waals surface area contributed by atoms with Gasteiger partial charge in [0.1, 0.15) is 0 Å². The van der Waals surface area contributed by atoms with Gasteiger partial charge in [-0.3, -0.25) is 0 Å². The lowest BCUT2D eigenvalue weighted by atomic mass is 9.97. The Morgan fingerprint density at radius 1 is 1.36 bits per heavy atom. The molecule has 1 aromatic heterocycles. The number of nitrogens with zero attached hydrogens (tertiary/aromatic N) is 2. The molecule has 0 aliphatic heterocycles. The lowest BCUT2D eigenvalue weighted by Gasteiger charge is -2.10. The highest BCUT2D eigenvalue weighted by molar-refractivity contribution is 6.30. The molecule has 7 heteroatoms. The van der Waals surface area contributed by atoms with Gasteiger partial charge in [0.25, 0.3) is 0 Å². The van der Waals surface area contributed by atoms with Gasteiger partial charge in [-0.1, -0.05) is 43.6 Å². The average Bonchev–Trinajstić information content (AvgIpc) is 2.87. The van der Waals surface area contributed by atoms with Crippen molar-refractivity contribution < 1.29 is 9.32 Å². The molecule has 0 bridgehead atoms. The zero-order chi connectivity index (χ0) is 16.2. The second kappa shape index (κ2) is 6.79. The normalized spacial score (nSPS) is 11.3. The molecule has 0 spiro atoms. The van der Waals surface area contributed by atoms with Gasteiger partial charge in [-0.25, -0.2) is 4.79 Å². The fourth-order valence-corrected chi connectivity index (χ4v) is 1.88. The largest absolute Gasteiger partial charge is 0.339 e. The van der Waals surface area contributed by atoms with Crippen molar-refractivity contribution >= 4 is 23.3 Å². The molecule has 6 nitrogen and oxygen atoms in total. The van der Waals surface area contributed by atoms with Crippen molar-refractivity contribution in [2.24, 2.45) is 0 Å². The van der Waals surface area contributed by atoms with Crippen LogP contribution < -0.4 is 10.6 Å². The lowest BCUT2D eigenvalue weighted by molar-refractivity contribution is 0.252. The van der Waals surface area contributed by atoms with E-state index in [9.17, 15) is 4.79 Å². The molecule has 0 aliphatic rings. The maximum atomic E-state index is 11.7. The van der Waals surface area contributed by atoms with Crippen LogP contribution in [0.5, 0.6) is 0 Å². The van der Waals surface area contributed by atoms with Crippen LogP contribution >= 0.6 is 11.6 Å². The number of hydrogen-bond donors (Lipinski definition) is 2. The van der Waals surface area contributed by atoms with Crippen LogP contribution in [0.4, 0.5) is 10.5 Å². The molecule has 22 heavy (non-hydrogen) atoms. The van der Waals surface area contributed by atoms with Gasteiger partial charge in [-0.15, -0.1) is 0 Å². The summed E-state index contributed by atoms with van der Waals surface area (Å²) >= 11 is 5.85. The minimum absolute atomic E-state index is 0.178. The fraction of sp³-hybridized carbons (Fsp3) is 0.400. The number of amides is 2. The van der Waals surface area contributed by atoms with Crippen molar-refractivity contribution in [2.75, 3.05) is 11.9 Å². The Morgan fingerprint density at radius 3 is 2.77 bits per heavy atom. The minimum Gasteiger partial charge on any atom is -0.339 e. The topological polar surface area (TPSA) is 80.0 Å². The lowest BCUT2D eigenvalue weighted by Crippen LogP contribution is -2.30. The molecular formula is C15H19ClN4O2. The highest BCUT2D eigenvalue weighted by Gasteiger charge is 2.21. The highest BCUT2D eigenvalue weighted by Crippen LogP contribution is 2.19. The summed E-state index contributed by atoms with van der Waals surface area (Å²) in [7, 11) is 0. The second-order valence-corrected chi connectivity index (χ2v) is 6.34. The summed E-state index contributed by atoms with van der Waals surface area (Å²) in [6.07, 6.45) is 0.503. The van der Waals surface area contributed by atoms with Gasteiger partial charge >= 0.3 is 6.03 Å². The monoisotopic (exact) mass is 322 g/mol. The summed E-state index contributed by atoms with van der Waals surface area (Å²) < 4.78 is 5.19. The first kappa shape index (κ1) is 16.3. The van der Waals surface area contributed by atoms with Gasteiger partial charge in [0, 0.05) is 29.1 Å². The number of nitrogens with one attached hydrogen (secondary N) is 2. The quantitative estimate of drug-likeness (QED) is 0.904. The number of rotatable bonds is 4. The second-order valence-electron chi connectivity index (χ2n) is 5.91. The van der Waals surface area contributed by atoms with Crippen LogP contribution in [0, 0.1) is 0 Å². The Morgan fingerprint density at radius 2 is 2.14 bits per heavy atom. The van der Waals surface area contributed by atoms with Crippen LogP contribution in [-0.4, -0.2) is 22.7 Å². The van der Waals surface area contributed by atoms with Gasteiger partial charge in [0.2, 0.25) is 5.89 Å². The first-order valence-electron chi connectivity index (χ1n) is 6.98. The molecule has 2 N–H and O–H groups in total. The van der Waals surface area contributed by atoms with Gasteiger partial charge in [0.05, 0.1) is 0 Å². The van der Waals surface area contributed by atoms with Crippen molar-refractivity contribution in [1.29, 1.82) is 0 Å². The molecule has 118 valence electrons. The number of urea groups is 1. The van der Waals surface area contributed by atoms with Gasteiger partial charge < -0.3 is 15.2 Å². The molecule has 0 radical (unpaired) electrons. The molecule has 0 unspecified atom stereocenters. The molecular weight excluding hydrogens is 304 g/mol. The molecule has 2 aromatic rings. The van der Waals surface area contributed by atoms with Crippen LogP contribution in [0.15, 0.2) is 28.8 Å². The van der Waals surface area contributed by atoms with Crippen molar-refractivity contribution in [3.05, 3.63) is 41.0 Å². The van der Waals surface area contributed by atoms with E-state index < -0.39 is 0 Å². The number of hydrogen-bond acceptors (Lipinski definition) is 4. The van der Waals surface area contributed by atoms with Gasteiger partial charge in [-0.2, -0.15) is 4.98 Å². The van der Waals surface area contributed by atoms with E-state index in [1.54, 1.807) is 24.3 Å². The van der Waals surface area contributed by atoms with Crippen molar-refractivity contribution in [2.45, 2.75) is 32.6 Å². The number of benzene rings is 1. The number of carbonyl (C=O) groups excluding carboxylic acids is 1. The van der Waals surface area contributed by atoms with Crippen LogP contribution in [-0.2, 0) is 11.8 Å². The zero-order valence-corrected chi connectivity index (χ0v) is 13.6. The third kappa shape index (κ3) is 4.73. The molecule has 0 aliphatic carbocycles. The van der Waals surface area contributed by atoms with E-state index in [0.29, 0.717) is 35.4 Å². The number of anilines is 1. The van der Waals surface area contributed by atoms with E-state index in [1.165, 1.54) is 0 Å². The molecule has 2 rings (SSSR count). The Hall–Kier alpha value is -2.08. The predicted octanol–water partition coefficient (Wildman–Crippen LogP) is 3.38. The van der Waals surface area contributed by atoms with E-state index in [-0.39, 0.29) is 11.4 Å². The summed E-state index contributed by atoms with van der Waals surface area (Å²) in [5.74, 6) is 1.17. The Labute approximate surface area is 134 Å². The van der Waals surface area contributed by atoms with Crippen LogP contribution in [0.2, 0.25) is 5.02 Å². The van der Waals surface area contributed by atoms with E-state index in [4.69, 9.17) is 16.1 Å². The SMILES string of the molecule is CC(C)(C)c1nc(CCNC(=O)Nc2cccc(Cl)c2)no1. The van der Waals surface area contributed by atoms with Crippen molar-refractivity contribution in [3.8, 4) is 0 Å². The van der Waals surface area contributed by atoms with Crippen LogP contribution in [0.3, 0.4) is 0 Å². The molecule has 1 aromatic carbocycles. The van der Waals surface area contributed by atoms with Crippen molar-refractivity contribution in [3.63, 3.8) is 0 Å². The Balaban J connectivity index is 1.79. The molecule has 0 saturated carbocycles. The summed E-state index contributed by atoms with van der Waals surface area (Å²) in [6, 6.07) is 6.65. The first-order valence-corrected chi connectivity index (χ1v) is 7.36. The molecule has 0 saturated heterocycles.